The first-order valence-corrected chi connectivity index (χ1v) is 8.21. The van der Waals surface area contributed by atoms with Crippen LogP contribution in [-0.2, 0) is 11.3 Å². The van der Waals surface area contributed by atoms with E-state index in [1.165, 1.54) is 11.0 Å². The average Bonchev–Trinajstić information content (AvgIpc) is 2.70. The van der Waals surface area contributed by atoms with E-state index in [2.05, 4.69) is 16.9 Å². The molecule has 0 aliphatic carbocycles. The van der Waals surface area contributed by atoms with Gasteiger partial charge in [-0.3, -0.25) is 14.6 Å². The van der Waals surface area contributed by atoms with Crippen molar-refractivity contribution < 1.29 is 9.59 Å². The molecule has 3 aromatic rings. The minimum atomic E-state index is -0.202. The Kier molecular flexibility index (Phi) is 5.08. The highest BCUT2D eigenvalue weighted by Gasteiger charge is 2.10. The summed E-state index contributed by atoms with van der Waals surface area (Å²) in [4.78, 5) is 29.8. The molecule has 2 amide bonds. The molecule has 2 aromatic carbocycles. The number of carbonyl (C=O) groups excluding carboxylic acids is 2. The lowest BCUT2D eigenvalue weighted by molar-refractivity contribution is -0.113. The Labute approximate surface area is 152 Å². The molecule has 0 spiro atoms. The summed E-state index contributed by atoms with van der Waals surface area (Å²) in [5.74, 6) is -0.373. The van der Waals surface area contributed by atoms with Crippen molar-refractivity contribution in [3.05, 3.63) is 84.6 Å². The summed E-state index contributed by atoms with van der Waals surface area (Å²) >= 11 is 0. The van der Waals surface area contributed by atoms with E-state index in [4.69, 9.17) is 0 Å². The van der Waals surface area contributed by atoms with Gasteiger partial charge in [-0.25, -0.2) is 0 Å². The maximum atomic E-state index is 12.4. The van der Waals surface area contributed by atoms with Crippen molar-refractivity contribution in [2.24, 2.45) is 0 Å². The Hall–Kier alpha value is -3.47. The molecule has 1 heterocycles. The third-order valence-electron chi connectivity index (χ3n) is 4.20. The zero-order valence-electron chi connectivity index (χ0n) is 14.5. The molecule has 5 nitrogen and oxygen atoms in total. The summed E-state index contributed by atoms with van der Waals surface area (Å²) in [5, 5.41) is 3.95. The molecule has 0 unspecified atom stereocenters. The van der Waals surface area contributed by atoms with Crippen LogP contribution in [0, 0.1) is 0 Å². The van der Waals surface area contributed by atoms with E-state index in [1.54, 1.807) is 37.5 Å². The zero-order chi connectivity index (χ0) is 18.5. The maximum Gasteiger partial charge on any atom is 0.251 e. The van der Waals surface area contributed by atoms with Crippen molar-refractivity contribution in [1.82, 2.24) is 10.3 Å². The fourth-order valence-electron chi connectivity index (χ4n) is 2.70. The standard InChI is InChI=1S/C21H19N3O2/c1-3-20(25)24(2)17-11-9-15(10-12-17)21(26)23-14-16-6-4-8-19-18(16)7-5-13-22-19/h3-13H,1,14H2,2H3,(H,23,26). The second kappa shape index (κ2) is 7.61. The number of nitrogens with one attached hydrogen (secondary N) is 1. The highest BCUT2D eigenvalue weighted by molar-refractivity contribution is 6.01. The summed E-state index contributed by atoms with van der Waals surface area (Å²) in [7, 11) is 1.66. The SMILES string of the molecule is C=CC(=O)N(C)c1ccc(C(=O)NCc2cccc3ncccc23)cc1. The molecule has 0 atom stereocenters. The number of fused-ring (bicyclic) bond motifs is 1. The van der Waals surface area contributed by atoms with Gasteiger partial charge in [-0.2, -0.15) is 0 Å². The predicted octanol–water partition coefficient (Wildman–Crippen LogP) is 3.31. The largest absolute Gasteiger partial charge is 0.348 e. The molecule has 0 saturated carbocycles. The van der Waals surface area contributed by atoms with Crippen LogP contribution in [0.1, 0.15) is 15.9 Å². The number of hydrogen-bond acceptors (Lipinski definition) is 3. The molecule has 0 saturated heterocycles. The topological polar surface area (TPSA) is 62.3 Å². The van der Waals surface area contributed by atoms with Gasteiger partial charge < -0.3 is 10.2 Å². The summed E-state index contributed by atoms with van der Waals surface area (Å²) < 4.78 is 0. The smallest absolute Gasteiger partial charge is 0.251 e. The van der Waals surface area contributed by atoms with E-state index >= 15 is 0 Å². The predicted molar refractivity (Wildman–Crippen MR) is 103 cm³/mol. The van der Waals surface area contributed by atoms with Crippen molar-refractivity contribution in [3.63, 3.8) is 0 Å². The minimum absolute atomic E-state index is 0.171. The maximum absolute atomic E-state index is 12.4. The molecule has 26 heavy (non-hydrogen) atoms. The lowest BCUT2D eigenvalue weighted by Gasteiger charge is -2.15. The molecular weight excluding hydrogens is 326 g/mol. The van der Waals surface area contributed by atoms with Gasteiger partial charge in [0.15, 0.2) is 0 Å². The molecule has 0 aliphatic heterocycles. The fraction of sp³-hybridized carbons (Fsp3) is 0.0952. The summed E-state index contributed by atoms with van der Waals surface area (Å²) in [6.45, 7) is 3.88. The lowest BCUT2D eigenvalue weighted by atomic mass is 10.1. The lowest BCUT2D eigenvalue weighted by Crippen LogP contribution is -2.25. The molecule has 0 aliphatic rings. The van der Waals surface area contributed by atoms with Gasteiger partial charge in [-0.05, 0) is 48.0 Å². The summed E-state index contributed by atoms with van der Waals surface area (Å²) in [5.41, 5.74) is 3.15. The average molecular weight is 345 g/mol. The number of benzene rings is 2. The van der Waals surface area contributed by atoms with Crippen LogP contribution in [0.5, 0.6) is 0 Å². The molecule has 3 rings (SSSR count). The first-order chi connectivity index (χ1) is 12.6. The highest BCUT2D eigenvalue weighted by atomic mass is 16.2. The molecular formula is C21H19N3O2. The van der Waals surface area contributed by atoms with Crippen molar-refractivity contribution >= 4 is 28.4 Å². The van der Waals surface area contributed by atoms with Gasteiger partial charge in [-0.1, -0.05) is 24.8 Å². The highest BCUT2D eigenvalue weighted by Crippen LogP contribution is 2.17. The number of anilines is 1. The number of nitrogens with zero attached hydrogens (tertiary/aromatic N) is 2. The molecule has 1 aromatic heterocycles. The second-order valence-electron chi connectivity index (χ2n) is 5.82. The molecule has 1 N–H and O–H groups in total. The van der Waals surface area contributed by atoms with Crippen LogP contribution in [0.3, 0.4) is 0 Å². The van der Waals surface area contributed by atoms with Gasteiger partial charge in [0.2, 0.25) is 5.91 Å². The quantitative estimate of drug-likeness (QED) is 0.722. The minimum Gasteiger partial charge on any atom is -0.348 e. The van der Waals surface area contributed by atoms with Crippen LogP contribution in [0.15, 0.2) is 73.4 Å². The summed E-state index contributed by atoms with van der Waals surface area (Å²) in [6.07, 6.45) is 3.00. The van der Waals surface area contributed by atoms with E-state index in [9.17, 15) is 9.59 Å². The first kappa shape index (κ1) is 17.4. The van der Waals surface area contributed by atoms with Gasteiger partial charge in [-0.15, -0.1) is 0 Å². The number of rotatable bonds is 5. The van der Waals surface area contributed by atoms with Gasteiger partial charge in [0.1, 0.15) is 0 Å². The van der Waals surface area contributed by atoms with Crippen LogP contribution in [0.4, 0.5) is 5.69 Å². The Balaban J connectivity index is 1.70. The van der Waals surface area contributed by atoms with E-state index < -0.39 is 0 Å². The number of likely N-dealkylation sites (N-methyl/N-ethyl adjacent to an activating group) is 1. The number of aromatic nitrogens is 1. The van der Waals surface area contributed by atoms with E-state index in [0.717, 1.165) is 16.5 Å². The zero-order valence-corrected chi connectivity index (χ0v) is 14.5. The van der Waals surface area contributed by atoms with E-state index in [1.807, 2.05) is 30.3 Å². The monoisotopic (exact) mass is 345 g/mol. The van der Waals surface area contributed by atoms with Gasteiger partial charge in [0.05, 0.1) is 5.52 Å². The number of amides is 2. The van der Waals surface area contributed by atoms with Gasteiger partial charge in [0.25, 0.3) is 5.91 Å². The first-order valence-electron chi connectivity index (χ1n) is 8.21. The van der Waals surface area contributed by atoms with Crippen LogP contribution in [0.25, 0.3) is 10.9 Å². The number of hydrogen-bond donors (Lipinski definition) is 1. The van der Waals surface area contributed by atoms with Gasteiger partial charge >= 0.3 is 0 Å². The Morgan fingerprint density at radius 3 is 2.62 bits per heavy atom. The molecule has 130 valence electrons. The Bertz CT molecular complexity index is 959. The normalized spacial score (nSPS) is 10.3. The number of pyridine rings is 1. The van der Waals surface area contributed by atoms with E-state index in [0.29, 0.717) is 17.8 Å². The molecule has 0 fully saturated rings. The third-order valence-corrected chi connectivity index (χ3v) is 4.20. The Morgan fingerprint density at radius 2 is 1.88 bits per heavy atom. The van der Waals surface area contributed by atoms with Crippen LogP contribution >= 0.6 is 0 Å². The van der Waals surface area contributed by atoms with Crippen molar-refractivity contribution in [3.8, 4) is 0 Å². The van der Waals surface area contributed by atoms with Gasteiger partial charge in [0, 0.05) is 36.4 Å². The van der Waals surface area contributed by atoms with Crippen LogP contribution < -0.4 is 10.2 Å². The van der Waals surface area contributed by atoms with Crippen molar-refractivity contribution in [1.29, 1.82) is 0 Å². The molecule has 0 bridgehead atoms. The number of carbonyl (C=O) groups is 2. The summed E-state index contributed by atoms with van der Waals surface area (Å²) in [6, 6.07) is 16.6. The van der Waals surface area contributed by atoms with Crippen LogP contribution in [0.2, 0.25) is 0 Å². The fourth-order valence-corrected chi connectivity index (χ4v) is 2.70. The van der Waals surface area contributed by atoms with Crippen LogP contribution in [-0.4, -0.2) is 23.8 Å². The van der Waals surface area contributed by atoms with E-state index in [-0.39, 0.29) is 11.8 Å². The third kappa shape index (κ3) is 3.62. The second-order valence-corrected chi connectivity index (χ2v) is 5.82. The van der Waals surface area contributed by atoms with Crippen molar-refractivity contribution in [2.75, 3.05) is 11.9 Å². The molecule has 0 radical (unpaired) electrons. The van der Waals surface area contributed by atoms with Crippen molar-refractivity contribution in [2.45, 2.75) is 6.54 Å². The molecule has 5 heteroatoms. The Morgan fingerprint density at radius 1 is 1.12 bits per heavy atom.